The van der Waals surface area contributed by atoms with E-state index in [9.17, 15) is 13.2 Å². The summed E-state index contributed by atoms with van der Waals surface area (Å²) in [7, 11) is -3.90. The predicted octanol–water partition coefficient (Wildman–Crippen LogP) is 3.77. The quantitative estimate of drug-likeness (QED) is 0.622. The van der Waals surface area contributed by atoms with Crippen LogP contribution in [0.1, 0.15) is 26.3 Å². The van der Waals surface area contributed by atoms with E-state index < -0.39 is 15.4 Å². The van der Waals surface area contributed by atoms with E-state index in [0.717, 1.165) is 9.87 Å². The Hall–Kier alpha value is -2.58. The molecule has 0 radical (unpaired) electrons. The molecule has 0 bridgehead atoms. The fourth-order valence-electron chi connectivity index (χ4n) is 1.93. The minimum absolute atomic E-state index is 0.125. The third kappa shape index (κ3) is 4.49. The van der Waals surface area contributed by atoms with Crippen molar-refractivity contribution in [3.63, 3.8) is 0 Å². The maximum absolute atomic E-state index is 13.0. The third-order valence-corrected chi connectivity index (χ3v) is 5.15. The van der Waals surface area contributed by atoms with Crippen molar-refractivity contribution >= 4 is 21.5 Å². The first-order valence-electron chi connectivity index (χ1n) is 7.85. The minimum atomic E-state index is -3.90. The molecule has 2 aromatic rings. The van der Waals surface area contributed by atoms with Gasteiger partial charge in [0.1, 0.15) is 0 Å². The predicted molar refractivity (Wildman–Crippen MR) is 99.5 cm³/mol. The van der Waals surface area contributed by atoms with Gasteiger partial charge < -0.3 is 0 Å². The molecule has 0 aliphatic heterocycles. The van der Waals surface area contributed by atoms with E-state index in [0.29, 0.717) is 5.69 Å². The summed E-state index contributed by atoms with van der Waals surface area (Å²) in [5.41, 5.74) is 0.680. The molecule has 0 N–H and O–H groups in total. The summed E-state index contributed by atoms with van der Waals surface area (Å²) >= 11 is 0. The molecule has 5 heteroatoms. The van der Waals surface area contributed by atoms with E-state index in [1.807, 2.05) is 6.92 Å². The van der Waals surface area contributed by atoms with Gasteiger partial charge in [-0.2, -0.15) is 4.31 Å². The fraction of sp³-hybridized carbons (Fsp3) is 0.250. The average Bonchev–Trinajstić information content (AvgIpc) is 2.55. The number of aryl methyl sites for hydroxylation is 1. The van der Waals surface area contributed by atoms with Gasteiger partial charge >= 0.3 is 0 Å². The second-order valence-electron chi connectivity index (χ2n) is 6.73. The maximum atomic E-state index is 13.0. The molecule has 0 aromatic heterocycles. The van der Waals surface area contributed by atoms with Crippen LogP contribution in [0.2, 0.25) is 0 Å². The summed E-state index contributed by atoms with van der Waals surface area (Å²) in [5, 5.41) is 0. The Labute approximate surface area is 149 Å². The number of ketones is 1. The highest BCUT2D eigenvalue weighted by Gasteiger charge is 2.25. The Morgan fingerprint density at radius 2 is 1.52 bits per heavy atom. The number of rotatable bonds is 3. The molecule has 0 aliphatic rings. The Morgan fingerprint density at radius 1 is 0.960 bits per heavy atom. The summed E-state index contributed by atoms with van der Waals surface area (Å²) in [6.07, 6.45) is 0. The number of carbonyl (C=O) groups excluding carboxylic acids is 1. The van der Waals surface area contributed by atoms with Crippen LogP contribution >= 0.6 is 0 Å². The number of para-hydroxylation sites is 1. The zero-order chi connectivity index (χ0) is 18.7. The molecule has 0 unspecified atom stereocenters. The van der Waals surface area contributed by atoms with Crippen molar-refractivity contribution in [2.24, 2.45) is 5.41 Å². The average molecular weight is 355 g/mol. The number of sulfonamides is 1. The number of anilines is 1. The first-order valence-corrected chi connectivity index (χ1v) is 9.29. The van der Waals surface area contributed by atoms with Gasteiger partial charge in [-0.1, -0.05) is 56.7 Å². The molecule has 130 valence electrons. The monoisotopic (exact) mass is 355 g/mol. The van der Waals surface area contributed by atoms with Gasteiger partial charge in [0, 0.05) is 11.5 Å². The lowest BCUT2D eigenvalue weighted by atomic mass is 9.91. The van der Waals surface area contributed by atoms with Crippen LogP contribution in [0.5, 0.6) is 0 Å². The first-order chi connectivity index (χ1) is 11.6. The molecular formula is C20H21NO3S. The van der Waals surface area contributed by atoms with Crippen LogP contribution in [0, 0.1) is 24.3 Å². The zero-order valence-electron chi connectivity index (χ0n) is 14.8. The van der Waals surface area contributed by atoms with E-state index in [2.05, 4.69) is 12.0 Å². The lowest BCUT2D eigenvalue weighted by Gasteiger charge is -2.18. The van der Waals surface area contributed by atoms with Crippen LogP contribution in [0.4, 0.5) is 5.69 Å². The molecule has 25 heavy (non-hydrogen) atoms. The molecule has 0 atom stereocenters. The lowest BCUT2D eigenvalue weighted by Crippen LogP contribution is -2.27. The van der Waals surface area contributed by atoms with E-state index in [4.69, 9.17) is 0 Å². The molecular weight excluding hydrogens is 334 g/mol. The van der Waals surface area contributed by atoms with Crippen LogP contribution in [-0.2, 0) is 14.8 Å². The largest absolute Gasteiger partial charge is 0.284 e. The Balaban J connectivity index is 2.55. The number of benzene rings is 2. The number of hydrogen-bond donors (Lipinski definition) is 0. The van der Waals surface area contributed by atoms with Gasteiger partial charge in [0.05, 0.1) is 10.6 Å². The van der Waals surface area contributed by atoms with Crippen LogP contribution < -0.4 is 4.31 Å². The van der Waals surface area contributed by atoms with E-state index in [-0.39, 0.29) is 10.7 Å². The van der Waals surface area contributed by atoms with Gasteiger partial charge in [-0.15, -0.1) is 0 Å². The van der Waals surface area contributed by atoms with Gasteiger partial charge in [-0.05, 0) is 37.1 Å². The summed E-state index contributed by atoms with van der Waals surface area (Å²) in [4.78, 5) is 12.2. The molecule has 0 spiro atoms. The highest BCUT2D eigenvalue weighted by Crippen LogP contribution is 2.23. The smallest absolute Gasteiger partial charge is 0.275 e. The second-order valence-corrected chi connectivity index (χ2v) is 8.52. The highest BCUT2D eigenvalue weighted by molar-refractivity contribution is 7.93. The van der Waals surface area contributed by atoms with E-state index in [1.54, 1.807) is 63.2 Å². The molecule has 0 saturated heterocycles. The van der Waals surface area contributed by atoms with Crippen LogP contribution in [0.15, 0.2) is 59.5 Å². The summed E-state index contributed by atoms with van der Waals surface area (Å²) in [6.45, 7) is 7.11. The number of nitrogens with zero attached hydrogens (tertiary/aromatic N) is 1. The minimum Gasteiger partial charge on any atom is -0.284 e. The van der Waals surface area contributed by atoms with Gasteiger partial charge in [0.25, 0.3) is 10.0 Å². The lowest BCUT2D eigenvalue weighted by molar-refractivity contribution is -0.120. The van der Waals surface area contributed by atoms with Gasteiger partial charge in [-0.25, -0.2) is 8.42 Å². The number of hydrogen-bond acceptors (Lipinski definition) is 3. The number of carbonyl (C=O) groups is 1. The van der Waals surface area contributed by atoms with E-state index in [1.165, 1.54) is 12.1 Å². The van der Waals surface area contributed by atoms with Gasteiger partial charge in [0.15, 0.2) is 0 Å². The molecule has 0 saturated carbocycles. The zero-order valence-corrected chi connectivity index (χ0v) is 15.6. The van der Waals surface area contributed by atoms with Crippen LogP contribution in [-0.4, -0.2) is 14.2 Å². The van der Waals surface area contributed by atoms with Gasteiger partial charge in [0.2, 0.25) is 5.78 Å². The Bertz CT molecular complexity index is 913. The van der Waals surface area contributed by atoms with Crippen molar-refractivity contribution in [1.29, 1.82) is 0 Å². The fourth-order valence-corrected chi connectivity index (χ4v) is 3.19. The molecule has 0 fully saturated rings. The topological polar surface area (TPSA) is 54.5 Å². The molecule has 0 amide bonds. The van der Waals surface area contributed by atoms with Crippen molar-refractivity contribution in [3.05, 3.63) is 60.2 Å². The maximum Gasteiger partial charge on any atom is 0.275 e. The van der Waals surface area contributed by atoms with Crippen molar-refractivity contribution in [2.45, 2.75) is 32.6 Å². The summed E-state index contributed by atoms with van der Waals surface area (Å²) in [5.74, 6) is 2.14. The van der Waals surface area contributed by atoms with Crippen molar-refractivity contribution < 1.29 is 13.2 Å². The molecule has 0 heterocycles. The Kier molecular flexibility index (Phi) is 5.34. The summed E-state index contributed by atoms with van der Waals surface area (Å²) in [6, 6.07) is 17.6. The summed E-state index contributed by atoms with van der Waals surface area (Å²) < 4.78 is 27.0. The van der Waals surface area contributed by atoms with Crippen molar-refractivity contribution in [3.8, 4) is 12.0 Å². The van der Waals surface area contributed by atoms with Crippen LogP contribution in [0.25, 0.3) is 0 Å². The van der Waals surface area contributed by atoms with E-state index >= 15 is 0 Å². The SMILES string of the molecule is Cc1ccc(S(=O)(=O)N(C#CC(=O)C(C)(C)C)c2ccccc2)cc1. The molecule has 2 rings (SSSR count). The normalized spacial score (nSPS) is 11.4. The Morgan fingerprint density at radius 3 is 2.04 bits per heavy atom. The molecule has 0 aliphatic carbocycles. The third-order valence-electron chi connectivity index (χ3n) is 3.50. The van der Waals surface area contributed by atoms with Crippen LogP contribution in [0.3, 0.4) is 0 Å². The molecule has 4 nitrogen and oxygen atoms in total. The highest BCUT2D eigenvalue weighted by atomic mass is 32.2. The van der Waals surface area contributed by atoms with Gasteiger partial charge in [-0.3, -0.25) is 4.79 Å². The number of Topliss-reactive ketones (excluding diaryl/α,β-unsaturated/α-hetero) is 1. The van der Waals surface area contributed by atoms with Crippen molar-refractivity contribution in [2.75, 3.05) is 4.31 Å². The first kappa shape index (κ1) is 18.8. The standard InChI is InChI=1S/C20H21NO3S/c1-16-10-12-18(13-11-16)25(23,24)21(17-8-6-5-7-9-17)15-14-19(22)20(2,3)4/h5-13H,1-4H3. The van der Waals surface area contributed by atoms with Crippen molar-refractivity contribution in [1.82, 2.24) is 0 Å². The second kappa shape index (κ2) is 7.12. The molecule has 2 aromatic carbocycles.